The Morgan fingerprint density at radius 2 is 2.17 bits per heavy atom. The maximum absolute atomic E-state index is 12.5. The molecule has 124 valence electrons. The van der Waals surface area contributed by atoms with Gasteiger partial charge in [0, 0.05) is 17.6 Å². The normalized spacial score (nSPS) is 16.5. The number of carbonyl (C=O) groups is 1. The SMILES string of the molecule is CC[C@@H]1C=CCN1C(=O)c1cnc(CSc2ccccc2)[nH]c1=O. The number of benzene rings is 1. The van der Waals surface area contributed by atoms with Gasteiger partial charge in [0.05, 0.1) is 11.8 Å². The second-order valence-electron chi connectivity index (χ2n) is 5.54. The second-order valence-corrected chi connectivity index (χ2v) is 6.58. The molecule has 1 aliphatic rings. The Morgan fingerprint density at radius 1 is 1.38 bits per heavy atom. The van der Waals surface area contributed by atoms with Crippen LogP contribution < -0.4 is 5.56 Å². The zero-order valence-corrected chi connectivity index (χ0v) is 14.3. The number of aromatic nitrogens is 2. The summed E-state index contributed by atoms with van der Waals surface area (Å²) >= 11 is 1.59. The van der Waals surface area contributed by atoms with Gasteiger partial charge in [0.2, 0.25) is 0 Å². The van der Waals surface area contributed by atoms with Crippen LogP contribution >= 0.6 is 11.8 Å². The van der Waals surface area contributed by atoms with E-state index in [-0.39, 0.29) is 23.1 Å². The van der Waals surface area contributed by atoms with Gasteiger partial charge in [-0.1, -0.05) is 37.3 Å². The Morgan fingerprint density at radius 3 is 2.88 bits per heavy atom. The maximum atomic E-state index is 12.5. The molecule has 2 aromatic rings. The molecule has 0 saturated carbocycles. The van der Waals surface area contributed by atoms with Crippen LogP contribution in [0.2, 0.25) is 0 Å². The Kier molecular flexibility index (Phi) is 5.15. The van der Waals surface area contributed by atoms with E-state index >= 15 is 0 Å². The molecule has 0 bridgehead atoms. The van der Waals surface area contributed by atoms with Crippen LogP contribution in [0.5, 0.6) is 0 Å². The van der Waals surface area contributed by atoms with Crippen LogP contribution in [0.1, 0.15) is 29.5 Å². The molecule has 1 N–H and O–H groups in total. The third-order valence-corrected chi connectivity index (χ3v) is 4.96. The number of rotatable bonds is 5. The second kappa shape index (κ2) is 7.49. The number of nitrogens with one attached hydrogen (secondary N) is 1. The van der Waals surface area contributed by atoms with Crippen molar-refractivity contribution in [2.45, 2.75) is 30.0 Å². The first-order chi connectivity index (χ1) is 11.7. The minimum Gasteiger partial charge on any atom is -0.328 e. The van der Waals surface area contributed by atoms with Gasteiger partial charge in [0.1, 0.15) is 11.4 Å². The number of nitrogens with zero attached hydrogens (tertiary/aromatic N) is 2. The first-order valence-corrected chi connectivity index (χ1v) is 8.91. The zero-order chi connectivity index (χ0) is 16.9. The fourth-order valence-corrected chi connectivity index (χ4v) is 3.44. The molecule has 0 spiro atoms. The van der Waals surface area contributed by atoms with Crippen LogP contribution in [-0.4, -0.2) is 33.4 Å². The molecule has 3 rings (SSSR count). The van der Waals surface area contributed by atoms with E-state index < -0.39 is 0 Å². The van der Waals surface area contributed by atoms with E-state index in [0.717, 1.165) is 11.3 Å². The van der Waals surface area contributed by atoms with Crippen molar-refractivity contribution < 1.29 is 4.79 Å². The topological polar surface area (TPSA) is 66.1 Å². The predicted molar refractivity (Wildman–Crippen MR) is 95.1 cm³/mol. The predicted octanol–water partition coefficient (Wildman–Crippen LogP) is 2.85. The fraction of sp³-hybridized carbons (Fsp3) is 0.278. The van der Waals surface area contributed by atoms with E-state index in [1.54, 1.807) is 16.7 Å². The number of H-pyrrole nitrogens is 1. The van der Waals surface area contributed by atoms with Crippen LogP contribution in [0.15, 0.2) is 58.4 Å². The summed E-state index contributed by atoms with van der Waals surface area (Å²) in [5, 5.41) is 0. The van der Waals surface area contributed by atoms with Gasteiger partial charge in [-0.15, -0.1) is 11.8 Å². The van der Waals surface area contributed by atoms with E-state index in [4.69, 9.17) is 0 Å². The largest absolute Gasteiger partial charge is 0.328 e. The summed E-state index contributed by atoms with van der Waals surface area (Å²) in [4.78, 5) is 34.6. The van der Waals surface area contributed by atoms with Crippen molar-refractivity contribution in [1.82, 2.24) is 14.9 Å². The molecular weight excluding hydrogens is 322 g/mol. The highest BCUT2D eigenvalue weighted by Crippen LogP contribution is 2.20. The van der Waals surface area contributed by atoms with Crippen LogP contribution in [0.3, 0.4) is 0 Å². The summed E-state index contributed by atoms with van der Waals surface area (Å²) in [6.45, 7) is 2.56. The summed E-state index contributed by atoms with van der Waals surface area (Å²) < 4.78 is 0. The molecule has 6 heteroatoms. The van der Waals surface area contributed by atoms with Gasteiger partial charge in [0.15, 0.2) is 0 Å². The van der Waals surface area contributed by atoms with E-state index in [1.165, 1.54) is 6.20 Å². The number of carbonyl (C=O) groups excluding carboxylic acids is 1. The highest BCUT2D eigenvalue weighted by Gasteiger charge is 2.26. The van der Waals surface area contributed by atoms with E-state index in [9.17, 15) is 9.59 Å². The smallest absolute Gasteiger partial charge is 0.263 e. The fourth-order valence-electron chi connectivity index (χ4n) is 2.64. The molecule has 1 aliphatic heterocycles. The monoisotopic (exact) mass is 341 g/mol. The molecule has 0 unspecified atom stereocenters. The molecule has 0 aliphatic carbocycles. The van der Waals surface area contributed by atoms with Crippen LogP contribution in [0, 0.1) is 0 Å². The third kappa shape index (κ3) is 3.59. The molecule has 1 aromatic heterocycles. The number of aromatic amines is 1. The van der Waals surface area contributed by atoms with Crippen molar-refractivity contribution in [2.24, 2.45) is 0 Å². The Hall–Kier alpha value is -2.34. The average Bonchev–Trinajstić information content (AvgIpc) is 3.09. The Bertz CT molecular complexity index is 801. The van der Waals surface area contributed by atoms with Gasteiger partial charge in [-0.25, -0.2) is 4.98 Å². The first-order valence-electron chi connectivity index (χ1n) is 7.92. The van der Waals surface area contributed by atoms with Crippen molar-refractivity contribution in [2.75, 3.05) is 6.54 Å². The van der Waals surface area contributed by atoms with Gasteiger partial charge in [-0.05, 0) is 18.6 Å². The first kappa shape index (κ1) is 16.5. The molecule has 2 heterocycles. The summed E-state index contributed by atoms with van der Waals surface area (Å²) in [5.74, 6) is 0.858. The van der Waals surface area contributed by atoms with E-state index in [2.05, 4.69) is 9.97 Å². The van der Waals surface area contributed by atoms with Gasteiger partial charge < -0.3 is 9.88 Å². The molecule has 0 fully saturated rings. The minimum absolute atomic E-state index is 0.0604. The van der Waals surface area contributed by atoms with Crippen molar-refractivity contribution in [3.05, 3.63) is 70.4 Å². The lowest BCUT2D eigenvalue weighted by atomic mass is 10.2. The number of hydrogen-bond acceptors (Lipinski definition) is 4. The van der Waals surface area contributed by atoms with Gasteiger partial charge in [-0.2, -0.15) is 0 Å². The molecule has 0 saturated heterocycles. The highest BCUT2D eigenvalue weighted by molar-refractivity contribution is 7.98. The molecule has 1 aromatic carbocycles. The van der Waals surface area contributed by atoms with Gasteiger partial charge in [0.25, 0.3) is 11.5 Å². The maximum Gasteiger partial charge on any atom is 0.263 e. The van der Waals surface area contributed by atoms with Crippen LogP contribution in [-0.2, 0) is 5.75 Å². The lowest BCUT2D eigenvalue weighted by Crippen LogP contribution is -2.38. The summed E-state index contributed by atoms with van der Waals surface area (Å²) in [6.07, 6.45) is 6.19. The summed E-state index contributed by atoms with van der Waals surface area (Å²) in [5.41, 5.74) is -0.272. The molecule has 1 amide bonds. The van der Waals surface area contributed by atoms with Crippen LogP contribution in [0.4, 0.5) is 0 Å². The zero-order valence-electron chi connectivity index (χ0n) is 13.4. The van der Waals surface area contributed by atoms with Gasteiger partial charge in [-0.3, -0.25) is 9.59 Å². The highest BCUT2D eigenvalue weighted by atomic mass is 32.2. The van der Waals surface area contributed by atoms with Gasteiger partial charge >= 0.3 is 0 Å². The molecule has 0 radical (unpaired) electrons. The van der Waals surface area contributed by atoms with Crippen molar-refractivity contribution in [3.63, 3.8) is 0 Å². The average molecular weight is 341 g/mol. The summed E-state index contributed by atoms with van der Waals surface area (Å²) in [7, 11) is 0. The number of hydrogen-bond donors (Lipinski definition) is 1. The Balaban J connectivity index is 1.71. The van der Waals surface area contributed by atoms with Crippen molar-refractivity contribution >= 4 is 17.7 Å². The molecular formula is C18H19N3O2S. The van der Waals surface area contributed by atoms with E-state index in [1.807, 2.05) is 49.4 Å². The Labute approximate surface area is 144 Å². The van der Waals surface area contributed by atoms with Crippen molar-refractivity contribution in [1.29, 1.82) is 0 Å². The lowest BCUT2D eigenvalue weighted by molar-refractivity contribution is 0.0745. The standard InChI is InChI=1S/C18H19N3O2S/c1-2-13-7-6-10-21(13)18(23)15-11-19-16(20-17(15)22)12-24-14-8-4-3-5-9-14/h3-9,11,13H,2,10,12H2,1H3,(H,19,20,22)/t13-/m1/s1. The van der Waals surface area contributed by atoms with Crippen LogP contribution in [0.25, 0.3) is 0 Å². The third-order valence-electron chi connectivity index (χ3n) is 3.94. The molecule has 1 atom stereocenters. The molecule has 5 nitrogen and oxygen atoms in total. The number of thioether (sulfide) groups is 1. The lowest BCUT2D eigenvalue weighted by Gasteiger charge is -2.23. The van der Waals surface area contributed by atoms with Crippen molar-refractivity contribution in [3.8, 4) is 0 Å². The molecule has 24 heavy (non-hydrogen) atoms. The van der Waals surface area contributed by atoms with E-state index in [0.29, 0.717) is 18.1 Å². The minimum atomic E-state index is -0.375. The summed E-state index contributed by atoms with van der Waals surface area (Å²) in [6, 6.07) is 9.97. The number of amides is 1. The quantitative estimate of drug-likeness (QED) is 0.671.